The summed E-state index contributed by atoms with van der Waals surface area (Å²) in [6, 6.07) is 0. The summed E-state index contributed by atoms with van der Waals surface area (Å²) in [7, 11) is 0. The summed E-state index contributed by atoms with van der Waals surface area (Å²) in [4.78, 5) is 10.9. The van der Waals surface area contributed by atoms with Crippen LogP contribution in [-0.4, -0.2) is 18.3 Å². The Morgan fingerprint density at radius 1 is 1.50 bits per heavy atom. The van der Waals surface area contributed by atoms with Gasteiger partial charge in [-0.05, 0) is 18.8 Å². The zero-order chi connectivity index (χ0) is 9.40. The molecule has 1 N–H and O–H groups in total. The van der Waals surface area contributed by atoms with Crippen LogP contribution < -0.4 is 5.32 Å². The summed E-state index contributed by atoms with van der Waals surface area (Å²) < 4.78 is 0. The van der Waals surface area contributed by atoms with Gasteiger partial charge in [-0.1, -0.05) is 13.8 Å². The number of carbonyl (C=O) groups is 1. The molecule has 0 aromatic heterocycles. The molecule has 0 bridgehead atoms. The largest absolute Gasteiger partial charge is 0.356 e. The summed E-state index contributed by atoms with van der Waals surface area (Å²) in [6.45, 7) is 5.15. The van der Waals surface area contributed by atoms with E-state index in [2.05, 4.69) is 19.2 Å². The van der Waals surface area contributed by atoms with Gasteiger partial charge in [0.25, 0.3) is 0 Å². The third kappa shape index (κ3) is 7.86. The molecule has 2 nitrogen and oxygen atoms in total. The Balaban J connectivity index is 3.14. The van der Waals surface area contributed by atoms with E-state index in [1.807, 2.05) is 0 Å². The van der Waals surface area contributed by atoms with Gasteiger partial charge in [-0.3, -0.25) is 4.79 Å². The average Bonchev–Trinajstić information content (AvgIpc) is 1.98. The van der Waals surface area contributed by atoms with E-state index in [0.717, 1.165) is 18.9 Å². The van der Waals surface area contributed by atoms with Gasteiger partial charge in [0.2, 0.25) is 5.91 Å². The van der Waals surface area contributed by atoms with E-state index in [0.29, 0.717) is 12.3 Å². The lowest BCUT2D eigenvalue weighted by molar-refractivity contribution is -0.120. The number of nitrogens with one attached hydrogen (secondary N) is 1. The second-order valence-electron chi connectivity index (χ2n) is 3.33. The smallest absolute Gasteiger partial charge is 0.221 e. The van der Waals surface area contributed by atoms with Crippen molar-refractivity contribution >= 4 is 17.5 Å². The number of halogens is 1. The molecule has 0 unspecified atom stereocenters. The summed E-state index contributed by atoms with van der Waals surface area (Å²) >= 11 is 5.40. The van der Waals surface area contributed by atoms with Crippen LogP contribution in [0.3, 0.4) is 0 Å². The molecular weight excluding hydrogens is 174 g/mol. The van der Waals surface area contributed by atoms with Gasteiger partial charge in [0.1, 0.15) is 0 Å². The number of hydrogen-bond donors (Lipinski definition) is 1. The van der Waals surface area contributed by atoms with Crippen LogP contribution in [0.4, 0.5) is 0 Å². The van der Waals surface area contributed by atoms with Crippen molar-refractivity contribution in [2.24, 2.45) is 5.92 Å². The zero-order valence-corrected chi connectivity index (χ0v) is 8.66. The van der Waals surface area contributed by atoms with E-state index in [1.165, 1.54) is 6.42 Å². The molecule has 0 aromatic carbocycles. The fourth-order valence-corrected chi connectivity index (χ4v) is 1.08. The first-order valence-electron chi connectivity index (χ1n) is 4.49. The van der Waals surface area contributed by atoms with E-state index < -0.39 is 0 Å². The second-order valence-corrected chi connectivity index (χ2v) is 3.70. The van der Waals surface area contributed by atoms with Crippen molar-refractivity contribution in [1.82, 2.24) is 5.32 Å². The van der Waals surface area contributed by atoms with Crippen molar-refractivity contribution < 1.29 is 4.79 Å². The highest BCUT2D eigenvalue weighted by Gasteiger charge is 1.98. The van der Waals surface area contributed by atoms with Gasteiger partial charge in [0, 0.05) is 18.8 Å². The van der Waals surface area contributed by atoms with Crippen LogP contribution >= 0.6 is 11.6 Å². The number of rotatable bonds is 6. The monoisotopic (exact) mass is 191 g/mol. The van der Waals surface area contributed by atoms with Crippen molar-refractivity contribution in [3.8, 4) is 0 Å². The predicted molar refractivity (Wildman–Crippen MR) is 52.4 cm³/mol. The van der Waals surface area contributed by atoms with Crippen LogP contribution in [0.25, 0.3) is 0 Å². The van der Waals surface area contributed by atoms with Gasteiger partial charge in [-0.25, -0.2) is 0 Å². The van der Waals surface area contributed by atoms with Crippen molar-refractivity contribution in [1.29, 1.82) is 0 Å². The number of amides is 1. The molecule has 0 spiro atoms. The third-order valence-corrected chi connectivity index (χ3v) is 1.79. The highest BCUT2D eigenvalue weighted by Crippen LogP contribution is 2.01. The molecule has 0 aromatic rings. The van der Waals surface area contributed by atoms with Crippen LogP contribution in [0, 0.1) is 5.92 Å². The number of alkyl halides is 1. The first-order chi connectivity index (χ1) is 5.66. The molecule has 0 saturated heterocycles. The minimum absolute atomic E-state index is 0.0637. The minimum atomic E-state index is 0.0637. The minimum Gasteiger partial charge on any atom is -0.356 e. The van der Waals surface area contributed by atoms with Crippen LogP contribution in [0.1, 0.15) is 33.1 Å². The van der Waals surface area contributed by atoms with Gasteiger partial charge in [0.15, 0.2) is 0 Å². The maximum Gasteiger partial charge on any atom is 0.221 e. The molecular formula is C9H18ClNO. The van der Waals surface area contributed by atoms with Gasteiger partial charge in [-0.2, -0.15) is 0 Å². The average molecular weight is 192 g/mol. The van der Waals surface area contributed by atoms with Gasteiger partial charge >= 0.3 is 0 Å². The number of hydrogen-bond acceptors (Lipinski definition) is 1. The van der Waals surface area contributed by atoms with Gasteiger partial charge in [0.05, 0.1) is 0 Å². The zero-order valence-electron chi connectivity index (χ0n) is 7.90. The number of carbonyl (C=O) groups excluding carboxylic acids is 1. The Kier molecular flexibility index (Phi) is 7.26. The lowest BCUT2D eigenvalue weighted by atomic mass is 10.1. The van der Waals surface area contributed by atoms with Crippen molar-refractivity contribution in [3.05, 3.63) is 0 Å². The summed E-state index contributed by atoms with van der Waals surface area (Å²) in [5, 5.41) is 2.82. The lowest BCUT2D eigenvalue weighted by Crippen LogP contribution is -2.24. The Bertz CT molecular complexity index is 126. The molecule has 0 aliphatic rings. The SMILES string of the molecule is CC(C)CCCNC(=O)CCCl. The summed E-state index contributed by atoms with van der Waals surface area (Å²) in [5.74, 6) is 1.19. The van der Waals surface area contributed by atoms with Crippen LogP contribution in [0.2, 0.25) is 0 Å². The molecule has 0 aliphatic carbocycles. The lowest BCUT2D eigenvalue weighted by Gasteiger charge is -2.05. The normalized spacial score (nSPS) is 10.3. The summed E-state index contributed by atoms with van der Waals surface area (Å²) in [6.07, 6.45) is 2.66. The Labute approximate surface area is 79.7 Å². The predicted octanol–water partition coefficient (Wildman–Crippen LogP) is 2.17. The van der Waals surface area contributed by atoms with E-state index in [4.69, 9.17) is 11.6 Å². The van der Waals surface area contributed by atoms with Crippen LogP contribution in [0.5, 0.6) is 0 Å². The highest BCUT2D eigenvalue weighted by atomic mass is 35.5. The quantitative estimate of drug-likeness (QED) is 0.506. The first kappa shape index (κ1) is 11.8. The fraction of sp³-hybridized carbons (Fsp3) is 0.889. The topological polar surface area (TPSA) is 29.1 Å². The molecule has 0 heterocycles. The molecule has 0 saturated carbocycles. The first-order valence-corrected chi connectivity index (χ1v) is 5.03. The van der Waals surface area contributed by atoms with E-state index >= 15 is 0 Å². The second kappa shape index (κ2) is 7.41. The fourth-order valence-electron chi connectivity index (χ4n) is 0.912. The van der Waals surface area contributed by atoms with Crippen LogP contribution in [0.15, 0.2) is 0 Å². The van der Waals surface area contributed by atoms with Gasteiger partial charge in [-0.15, -0.1) is 11.6 Å². The molecule has 0 rings (SSSR count). The molecule has 12 heavy (non-hydrogen) atoms. The van der Waals surface area contributed by atoms with Crippen molar-refractivity contribution in [2.45, 2.75) is 33.1 Å². The highest BCUT2D eigenvalue weighted by molar-refractivity contribution is 6.18. The molecule has 0 aliphatic heterocycles. The maximum absolute atomic E-state index is 10.9. The molecule has 72 valence electrons. The van der Waals surface area contributed by atoms with Gasteiger partial charge < -0.3 is 5.32 Å². The molecule has 3 heteroatoms. The molecule has 0 atom stereocenters. The molecule has 0 radical (unpaired) electrons. The van der Waals surface area contributed by atoms with Crippen molar-refractivity contribution in [3.63, 3.8) is 0 Å². The maximum atomic E-state index is 10.9. The summed E-state index contributed by atoms with van der Waals surface area (Å²) in [5.41, 5.74) is 0. The Hall–Kier alpha value is -0.240. The Morgan fingerprint density at radius 3 is 2.67 bits per heavy atom. The Morgan fingerprint density at radius 2 is 2.17 bits per heavy atom. The van der Waals surface area contributed by atoms with Crippen molar-refractivity contribution in [2.75, 3.05) is 12.4 Å². The molecule has 1 amide bonds. The molecule has 0 fully saturated rings. The van der Waals surface area contributed by atoms with E-state index in [1.54, 1.807) is 0 Å². The van der Waals surface area contributed by atoms with E-state index in [-0.39, 0.29) is 5.91 Å². The van der Waals surface area contributed by atoms with Crippen LogP contribution in [-0.2, 0) is 4.79 Å². The third-order valence-electron chi connectivity index (χ3n) is 1.60. The van der Waals surface area contributed by atoms with E-state index in [9.17, 15) is 4.79 Å². The standard InChI is InChI=1S/C9H18ClNO/c1-8(2)4-3-7-11-9(12)5-6-10/h8H,3-7H2,1-2H3,(H,11,12).